The Morgan fingerprint density at radius 2 is 2.00 bits per heavy atom. The maximum Gasteiger partial charge on any atom is 0.414 e. The van der Waals surface area contributed by atoms with Crippen molar-refractivity contribution in [2.24, 2.45) is 0 Å². The molecule has 0 spiro atoms. The van der Waals surface area contributed by atoms with Crippen LogP contribution in [0.15, 0.2) is 35.7 Å². The second-order valence-corrected chi connectivity index (χ2v) is 6.42. The van der Waals surface area contributed by atoms with E-state index in [0.29, 0.717) is 11.4 Å². The normalized spacial score (nSPS) is 19.2. The van der Waals surface area contributed by atoms with Crippen LogP contribution < -0.4 is 9.64 Å². The van der Waals surface area contributed by atoms with E-state index in [9.17, 15) is 13.2 Å². The van der Waals surface area contributed by atoms with Gasteiger partial charge in [-0.05, 0) is 37.3 Å². The van der Waals surface area contributed by atoms with Crippen LogP contribution in [0.3, 0.4) is 0 Å². The molecule has 21 heavy (non-hydrogen) atoms. The summed E-state index contributed by atoms with van der Waals surface area (Å²) in [6, 6.07) is 6.22. The summed E-state index contributed by atoms with van der Waals surface area (Å²) in [6.07, 6.45) is 0.922. The minimum absolute atomic E-state index is 0.141. The Bertz CT molecular complexity index is 636. The van der Waals surface area contributed by atoms with Crippen molar-refractivity contribution in [2.75, 3.05) is 24.4 Å². The van der Waals surface area contributed by atoms with Gasteiger partial charge in [0.25, 0.3) is 0 Å². The lowest BCUT2D eigenvalue weighted by Gasteiger charge is -2.26. The number of amides is 1. The summed E-state index contributed by atoms with van der Waals surface area (Å²) in [5.74, 6) is 0.509. The number of benzene rings is 1. The van der Waals surface area contributed by atoms with Crippen molar-refractivity contribution in [3.05, 3.63) is 35.7 Å². The Kier molecular flexibility index (Phi) is 4.52. The van der Waals surface area contributed by atoms with Crippen molar-refractivity contribution in [1.82, 2.24) is 0 Å². The Balaban J connectivity index is 2.32. The fourth-order valence-electron chi connectivity index (χ4n) is 2.09. The molecule has 0 saturated carbocycles. The van der Waals surface area contributed by atoms with E-state index >= 15 is 0 Å². The van der Waals surface area contributed by atoms with E-state index in [1.54, 1.807) is 38.3 Å². The molecule has 0 aromatic heterocycles. The second-order valence-electron chi connectivity index (χ2n) is 4.49. The van der Waals surface area contributed by atoms with Gasteiger partial charge in [0, 0.05) is 11.1 Å². The third-order valence-electron chi connectivity index (χ3n) is 3.06. The fourth-order valence-corrected chi connectivity index (χ4v) is 3.36. The van der Waals surface area contributed by atoms with Gasteiger partial charge in [0.05, 0.1) is 25.5 Å². The minimum Gasteiger partial charge on any atom is -0.497 e. The van der Waals surface area contributed by atoms with Crippen molar-refractivity contribution in [2.45, 2.75) is 13.0 Å². The van der Waals surface area contributed by atoms with E-state index < -0.39 is 22.0 Å². The maximum absolute atomic E-state index is 12.1. The van der Waals surface area contributed by atoms with E-state index in [-0.39, 0.29) is 12.4 Å². The topological polar surface area (TPSA) is 72.9 Å². The van der Waals surface area contributed by atoms with E-state index in [4.69, 9.17) is 9.47 Å². The fraction of sp³-hybridized carbons (Fsp3) is 0.357. The van der Waals surface area contributed by atoms with Crippen LogP contribution in [0.2, 0.25) is 0 Å². The van der Waals surface area contributed by atoms with Gasteiger partial charge < -0.3 is 9.47 Å². The second kappa shape index (κ2) is 6.17. The number of anilines is 1. The SMILES string of the molecule is CCOC(=O)N(c1ccc(OC)cc1)C1C=CS(=O)(=O)C1. The zero-order valence-electron chi connectivity index (χ0n) is 11.9. The number of nitrogens with zero attached hydrogens (tertiary/aromatic N) is 1. The molecule has 0 bridgehead atoms. The smallest absolute Gasteiger partial charge is 0.414 e. The summed E-state index contributed by atoms with van der Waals surface area (Å²) in [7, 11) is -1.72. The average molecular weight is 311 g/mol. The summed E-state index contributed by atoms with van der Waals surface area (Å²) in [4.78, 5) is 13.5. The molecule has 1 aromatic rings. The molecule has 1 aliphatic rings. The van der Waals surface area contributed by atoms with Gasteiger partial charge in [-0.2, -0.15) is 0 Å². The molecule has 0 aliphatic carbocycles. The third kappa shape index (κ3) is 3.55. The molecule has 1 atom stereocenters. The quantitative estimate of drug-likeness (QED) is 0.850. The monoisotopic (exact) mass is 311 g/mol. The number of carbonyl (C=O) groups is 1. The number of rotatable bonds is 4. The Hall–Kier alpha value is -2.02. The molecular formula is C14H17NO5S. The molecule has 114 valence electrons. The molecule has 0 N–H and O–H groups in total. The van der Waals surface area contributed by atoms with Crippen molar-refractivity contribution >= 4 is 21.6 Å². The molecule has 0 saturated heterocycles. The van der Waals surface area contributed by atoms with Crippen LogP contribution in [0.25, 0.3) is 0 Å². The summed E-state index contributed by atoms with van der Waals surface area (Å²) in [5, 5.41) is 1.13. The number of hydrogen-bond donors (Lipinski definition) is 0. The van der Waals surface area contributed by atoms with Gasteiger partial charge in [-0.15, -0.1) is 0 Å². The lowest BCUT2D eigenvalue weighted by molar-refractivity contribution is 0.159. The largest absolute Gasteiger partial charge is 0.497 e. The highest BCUT2D eigenvalue weighted by molar-refractivity contribution is 7.94. The predicted octanol–water partition coefficient (Wildman–Crippen LogP) is 1.97. The first-order chi connectivity index (χ1) is 9.96. The summed E-state index contributed by atoms with van der Waals surface area (Å²) >= 11 is 0. The molecule has 1 aromatic carbocycles. The zero-order valence-corrected chi connectivity index (χ0v) is 12.7. The van der Waals surface area contributed by atoms with Crippen LogP contribution in [-0.2, 0) is 14.6 Å². The molecule has 0 radical (unpaired) electrons. The van der Waals surface area contributed by atoms with Gasteiger partial charge in [0.1, 0.15) is 5.75 Å². The summed E-state index contributed by atoms with van der Waals surface area (Å²) < 4.78 is 33.2. The van der Waals surface area contributed by atoms with Crippen molar-refractivity contribution < 1.29 is 22.7 Å². The minimum atomic E-state index is -3.26. The van der Waals surface area contributed by atoms with Crippen molar-refractivity contribution in [1.29, 1.82) is 0 Å². The van der Waals surface area contributed by atoms with Gasteiger partial charge in [-0.3, -0.25) is 4.90 Å². The first kappa shape index (κ1) is 15.4. The third-order valence-corrected chi connectivity index (χ3v) is 4.44. The highest BCUT2D eigenvalue weighted by Gasteiger charge is 2.32. The molecule has 1 amide bonds. The van der Waals surface area contributed by atoms with Crippen LogP contribution in [0.5, 0.6) is 5.75 Å². The Labute approximate surface area is 123 Å². The average Bonchev–Trinajstić information content (AvgIpc) is 2.80. The van der Waals surface area contributed by atoms with Gasteiger partial charge in [-0.25, -0.2) is 13.2 Å². The van der Waals surface area contributed by atoms with Gasteiger partial charge in [0.2, 0.25) is 0 Å². The number of ether oxygens (including phenoxy) is 2. The van der Waals surface area contributed by atoms with E-state index in [1.165, 1.54) is 11.0 Å². The first-order valence-electron chi connectivity index (χ1n) is 6.48. The highest BCUT2D eigenvalue weighted by atomic mass is 32.2. The van der Waals surface area contributed by atoms with Crippen LogP contribution >= 0.6 is 0 Å². The predicted molar refractivity (Wildman–Crippen MR) is 79.2 cm³/mol. The lowest BCUT2D eigenvalue weighted by Crippen LogP contribution is -2.41. The van der Waals surface area contributed by atoms with Crippen molar-refractivity contribution in [3.63, 3.8) is 0 Å². The van der Waals surface area contributed by atoms with Crippen LogP contribution in [0.4, 0.5) is 10.5 Å². The molecule has 1 unspecified atom stereocenters. The number of sulfone groups is 1. The molecule has 2 rings (SSSR count). The molecule has 7 heteroatoms. The molecule has 1 aliphatic heterocycles. The number of hydrogen-bond acceptors (Lipinski definition) is 5. The molecule has 6 nitrogen and oxygen atoms in total. The van der Waals surface area contributed by atoms with E-state index in [2.05, 4.69) is 0 Å². The molecular weight excluding hydrogens is 294 g/mol. The Morgan fingerprint density at radius 3 is 2.48 bits per heavy atom. The maximum atomic E-state index is 12.1. The van der Waals surface area contributed by atoms with Crippen LogP contribution in [-0.4, -0.2) is 40.0 Å². The van der Waals surface area contributed by atoms with Crippen molar-refractivity contribution in [3.8, 4) is 5.75 Å². The first-order valence-corrected chi connectivity index (χ1v) is 8.19. The summed E-state index contributed by atoms with van der Waals surface area (Å²) in [6.45, 7) is 1.92. The Morgan fingerprint density at radius 1 is 1.33 bits per heavy atom. The zero-order chi connectivity index (χ0) is 15.5. The van der Waals surface area contributed by atoms with Crippen LogP contribution in [0.1, 0.15) is 6.92 Å². The number of carbonyl (C=O) groups excluding carboxylic acids is 1. The van der Waals surface area contributed by atoms with Gasteiger partial charge in [0.15, 0.2) is 9.84 Å². The molecule has 1 heterocycles. The number of methoxy groups -OCH3 is 1. The van der Waals surface area contributed by atoms with E-state index in [1.807, 2.05) is 0 Å². The van der Waals surface area contributed by atoms with E-state index in [0.717, 1.165) is 5.41 Å². The molecule has 0 fully saturated rings. The lowest BCUT2D eigenvalue weighted by atomic mass is 10.2. The summed E-state index contributed by atoms with van der Waals surface area (Å²) in [5.41, 5.74) is 0.556. The highest BCUT2D eigenvalue weighted by Crippen LogP contribution is 2.25. The van der Waals surface area contributed by atoms with Crippen LogP contribution in [0, 0.1) is 0 Å². The van der Waals surface area contributed by atoms with Gasteiger partial charge in [-0.1, -0.05) is 0 Å². The standard InChI is InChI=1S/C14H17NO5S/c1-3-20-14(16)15(12-8-9-21(17,18)10-12)11-4-6-13(19-2)7-5-11/h4-9,12H,3,10H2,1-2H3. The van der Waals surface area contributed by atoms with Gasteiger partial charge >= 0.3 is 6.09 Å².